The van der Waals surface area contributed by atoms with Crippen molar-refractivity contribution < 1.29 is 18.0 Å². The van der Waals surface area contributed by atoms with Gasteiger partial charge < -0.3 is 16.4 Å². The lowest BCUT2D eigenvalue weighted by Gasteiger charge is -2.31. The molecule has 1 aromatic carbocycles. The molecule has 0 radical (unpaired) electrons. The minimum atomic E-state index is -3.88. The molecule has 9 heteroatoms. The summed E-state index contributed by atoms with van der Waals surface area (Å²) in [4.78, 5) is 24.0. The molecule has 1 fully saturated rings. The first-order chi connectivity index (χ1) is 9.73. The number of piperazine rings is 1. The van der Waals surface area contributed by atoms with Gasteiger partial charge >= 0.3 is 0 Å². The summed E-state index contributed by atoms with van der Waals surface area (Å²) in [6.07, 6.45) is 0. The fourth-order valence-electron chi connectivity index (χ4n) is 2.02. The zero-order valence-electron chi connectivity index (χ0n) is 11.4. The average molecular weight is 312 g/mol. The summed E-state index contributed by atoms with van der Waals surface area (Å²) in [6, 6.07) is 3.74. The second-order valence-electron chi connectivity index (χ2n) is 4.77. The number of likely N-dealkylation sites (N-methyl/N-ethyl adjacent to an activating group) is 1. The first-order valence-corrected chi connectivity index (χ1v) is 7.61. The van der Waals surface area contributed by atoms with Gasteiger partial charge in [-0.2, -0.15) is 4.31 Å². The Morgan fingerprint density at radius 3 is 2.48 bits per heavy atom. The molecule has 1 saturated heterocycles. The second-order valence-corrected chi connectivity index (χ2v) is 6.68. The van der Waals surface area contributed by atoms with Gasteiger partial charge in [0.1, 0.15) is 4.90 Å². The number of amides is 2. The third-order valence-corrected chi connectivity index (χ3v) is 5.25. The number of sulfonamides is 1. The van der Waals surface area contributed by atoms with Gasteiger partial charge in [0.15, 0.2) is 0 Å². The van der Waals surface area contributed by atoms with Crippen LogP contribution in [0, 0.1) is 0 Å². The molecule has 0 unspecified atom stereocenters. The van der Waals surface area contributed by atoms with Gasteiger partial charge in [-0.15, -0.1) is 0 Å². The van der Waals surface area contributed by atoms with E-state index < -0.39 is 15.9 Å². The van der Waals surface area contributed by atoms with E-state index in [9.17, 15) is 18.0 Å². The molecule has 0 aliphatic carbocycles. The zero-order chi connectivity index (χ0) is 15.8. The highest BCUT2D eigenvalue weighted by atomic mass is 32.2. The summed E-state index contributed by atoms with van der Waals surface area (Å²) in [6.45, 7) is 0.286. The van der Waals surface area contributed by atoms with Crippen molar-refractivity contribution in [2.24, 2.45) is 5.73 Å². The molecular formula is C12H16N4O4S. The van der Waals surface area contributed by atoms with Crippen LogP contribution in [0.25, 0.3) is 0 Å². The summed E-state index contributed by atoms with van der Waals surface area (Å²) in [7, 11) is -2.27. The normalized spacial score (nSPS) is 17.0. The largest absolute Gasteiger partial charge is 0.398 e. The Bertz CT molecular complexity index is 701. The number of rotatable bonds is 3. The first kappa shape index (κ1) is 15.3. The standard InChI is InChI=1S/C12H16N4O4S/c1-15-4-5-16(7-11(15)17)21(19,20)10-3-2-8(12(14)18)6-9(10)13/h2-3,6H,4-5,7,13H2,1H3,(H2,14,18). The lowest BCUT2D eigenvalue weighted by molar-refractivity contribution is -0.132. The second kappa shape index (κ2) is 5.34. The van der Waals surface area contributed by atoms with Crippen LogP contribution in [0.2, 0.25) is 0 Å². The van der Waals surface area contributed by atoms with Crippen molar-refractivity contribution in [2.45, 2.75) is 4.90 Å². The molecule has 8 nitrogen and oxygen atoms in total. The maximum atomic E-state index is 12.5. The molecule has 1 heterocycles. The van der Waals surface area contributed by atoms with E-state index in [1.165, 1.54) is 23.1 Å². The predicted molar refractivity (Wildman–Crippen MR) is 75.8 cm³/mol. The van der Waals surface area contributed by atoms with Crippen LogP contribution in [0.1, 0.15) is 10.4 Å². The third-order valence-electron chi connectivity index (χ3n) is 3.33. The number of carbonyl (C=O) groups is 2. The SMILES string of the molecule is CN1CCN(S(=O)(=O)c2ccc(C(N)=O)cc2N)CC1=O. The van der Waals surface area contributed by atoms with Gasteiger partial charge in [-0.05, 0) is 18.2 Å². The van der Waals surface area contributed by atoms with Crippen molar-refractivity contribution in [1.29, 1.82) is 0 Å². The Balaban J connectivity index is 2.36. The molecule has 0 spiro atoms. The summed E-state index contributed by atoms with van der Waals surface area (Å²) < 4.78 is 26.1. The van der Waals surface area contributed by atoms with Gasteiger partial charge in [0.2, 0.25) is 21.8 Å². The van der Waals surface area contributed by atoms with Crippen LogP contribution in [0.5, 0.6) is 0 Å². The molecular weight excluding hydrogens is 296 g/mol. The van der Waals surface area contributed by atoms with Crippen molar-refractivity contribution in [2.75, 3.05) is 32.4 Å². The van der Waals surface area contributed by atoms with E-state index in [1.807, 2.05) is 0 Å². The molecule has 0 aromatic heterocycles. The Morgan fingerprint density at radius 1 is 1.29 bits per heavy atom. The van der Waals surface area contributed by atoms with E-state index in [0.717, 1.165) is 4.31 Å². The van der Waals surface area contributed by atoms with Crippen LogP contribution in [-0.4, -0.2) is 56.1 Å². The topological polar surface area (TPSA) is 127 Å². The summed E-state index contributed by atoms with van der Waals surface area (Å²) in [5, 5.41) is 0. The van der Waals surface area contributed by atoms with Crippen LogP contribution in [0.4, 0.5) is 5.69 Å². The Kier molecular flexibility index (Phi) is 3.88. The van der Waals surface area contributed by atoms with E-state index in [1.54, 1.807) is 7.05 Å². The highest BCUT2D eigenvalue weighted by molar-refractivity contribution is 7.89. The van der Waals surface area contributed by atoms with Gasteiger partial charge in [0.05, 0.1) is 12.2 Å². The first-order valence-electron chi connectivity index (χ1n) is 6.17. The number of nitrogen functional groups attached to an aromatic ring is 1. The minimum Gasteiger partial charge on any atom is -0.398 e. The van der Waals surface area contributed by atoms with Gasteiger partial charge in [-0.3, -0.25) is 9.59 Å². The van der Waals surface area contributed by atoms with E-state index in [4.69, 9.17) is 11.5 Å². The number of anilines is 1. The molecule has 1 aliphatic rings. The van der Waals surface area contributed by atoms with Crippen molar-refractivity contribution in [3.05, 3.63) is 23.8 Å². The fraction of sp³-hybridized carbons (Fsp3) is 0.333. The number of nitrogens with zero attached hydrogens (tertiary/aromatic N) is 2. The molecule has 2 rings (SSSR count). The Morgan fingerprint density at radius 2 is 1.95 bits per heavy atom. The van der Waals surface area contributed by atoms with Gasteiger partial charge in [-0.1, -0.05) is 0 Å². The van der Waals surface area contributed by atoms with Crippen LogP contribution >= 0.6 is 0 Å². The quantitative estimate of drug-likeness (QED) is 0.680. The summed E-state index contributed by atoms with van der Waals surface area (Å²) in [5.41, 5.74) is 10.9. The lowest BCUT2D eigenvalue weighted by Crippen LogP contribution is -2.50. The van der Waals surface area contributed by atoms with Crippen molar-refractivity contribution in [1.82, 2.24) is 9.21 Å². The molecule has 0 saturated carbocycles. The number of hydrogen-bond acceptors (Lipinski definition) is 5. The maximum Gasteiger partial charge on any atom is 0.248 e. The predicted octanol–water partition coefficient (Wildman–Crippen LogP) is -1.17. The number of primary amides is 1. The van der Waals surface area contributed by atoms with Crippen LogP contribution in [-0.2, 0) is 14.8 Å². The van der Waals surface area contributed by atoms with E-state index >= 15 is 0 Å². The van der Waals surface area contributed by atoms with Crippen molar-refractivity contribution in [3.63, 3.8) is 0 Å². The van der Waals surface area contributed by atoms with Crippen molar-refractivity contribution >= 4 is 27.5 Å². The average Bonchev–Trinajstić information content (AvgIpc) is 2.41. The zero-order valence-corrected chi connectivity index (χ0v) is 12.3. The molecule has 0 bridgehead atoms. The van der Waals surface area contributed by atoms with Crippen LogP contribution < -0.4 is 11.5 Å². The Hall–Kier alpha value is -2.13. The molecule has 1 aliphatic heterocycles. The highest BCUT2D eigenvalue weighted by Crippen LogP contribution is 2.24. The lowest BCUT2D eigenvalue weighted by atomic mass is 10.2. The maximum absolute atomic E-state index is 12.5. The van der Waals surface area contributed by atoms with Crippen molar-refractivity contribution in [3.8, 4) is 0 Å². The molecule has 0 atom stereocenters. The van der Waals surface area contributed by atoms with E-state index in [2.05, 4.69) is 0 Å². The smallest absolute Gasteiger partial charge is 0.248 e. The molecule has 114 valence electrons. The number of carbonyl (C=O) groups excluding carboxylic acids is 2. The number of benzene rings is 1. The minimum absolute atomic E-state index is 0.0716. The Labute approximate surface area is 122 Å². The van der Waals surface area contributed by atoms with Gasteiger partial charge in [0.25, 0.3) is 0 Å². The number of nitrogens with two attached hydrogens (primary N) is 2. The molecule has 4 N–H and O–H groups in total. The third kappa shape index (κ3) is 2.83. The van der Waals surface area contributed by atoms with Gasteiger partial charge in [0, 0.05) is 25.7 Å². The van der Waals surface area contributed by atoms with E-state index in [0.29, 0.717) is 6.54 Å². The fourth-order valence-corrected chi connectivity index (χ4v) is 3.50. The molecule has 2 amide bonds. The monoisotopic (exact) mass is 312 g/mol. The summed E-state index contributed by atoms with van der Waals surface area (Å²) in [5.74, 6) is -0.974. The van der Waals surface area contributed by atoms with E-state index in [-0.39, 0.29) is 35.1 Å². The van der Waals surface area contributed by atoms with Crippen LogP contribution in [0.3, 0.4) is 0 Å². The number of hydrogen-bond donors (Lipinski definition) is 2. The summed E-state index contributed by atoms with van der Waals surface area (Å²) >= 11 is 0. The molecule has 1 aromatic rings. The highest BCUT2D eigenvalue weighted by Gasteiger charge is 2.32. The molecule has 21 heavy (non-hydrogen) atoms. The van der Waals surface area contributed by atoms with Crippen LogP contribution in [0.15, 0.2) is 23.1 Å². The van der Waals surface area contributed by atoms with Gasteiger partial charge in [-0.25, -0.2) is 8.42 Å².